The van der Waals surface area contributed by atoms with Crippen molar-refractivity contribution in [2.45, 2.75) is 9.79 Å². The zero-order chi connectivity index (χ0) is 30.4. The van der Waals surface area contributed by atoms with Crippen molar-refractivity contribution >= 4 is 9.84 Å². The molecule has 0 fully saturated rings. The molecule has 0 aliphatic carbocycles. The van der Waals surface area contributed by atoms with E-state index in [9.17, 15) is 8.42 Å². The third-order valence-corrected chi connectivity index (χ3v) is 9.84. The number of aromatic nitrogens is 4. The van der Waals surface area contributed by atoms with E-state index in [1.54, 1.807) is 30.5 Å². The molecule has 7 aromatic rings. The van der Waals surface area contributed by atoms with Gasteiger partial charge in [0.2, 0.25) is 9.84 Å². The zero-order valence-electron chi connectivity index (χ0n) is 23.9. The summed E-state index contributed by atoms with van der Waals surface area (Å²) < 4.78 is 26.1. The van der Waals surface area contributed by atoms with Crippen LogP contribution in [0.4, 0.5) is 0 Å². The quantitative estimate of drug-likeness (QED) is 0.197. The molecule has 1 aliphatic heterocycles. The minimum absolute atomic E-state index is 0.326. The van der Waals surface area contributed by atoms with E-state index >= 15 is 0 Å². The summed E-state index contributed by atoms with van der Waals surface area (Å²) in [4.78, 5) is 19.9. The van der Waals surface area contributed by atoms with Gasteiger partial charge in [0.15, 0.2) is 17.5 Å². The number of benzene rings is 5. The van der Waals surface area contributed by atoms with Gasteiger partial charge in [-0.3, -0.25) is 4.98 Å². The summed E-state index contributed by atoms with van der Waals surface area (Å²) in [6.45, 7) is 0. The molecule has 214 valence electrons. The minimum atomic E-state index is -3.52. The molecule has 0 amide bonds. The average Bonchev–Trinajstić information content (AvgIpc) is 3.34. The first kappa shape index (κ1) is 26.8. The number of sulfone groups is 1. The highest BCUT2D eigenvalue weighted by Crippen LogP contribution is 2.44. The molecule has 8 rings (SSSR count). The van der Waals surface area contributed by atoms with Crippen LogP contribution in [-0.4, -0.2) is 28.4 Å². The lowest BCUT2D eigenvalue weighted by Crippen LogP contribution is -2.00. The minimum Gasteiger partial charge on any atom is -0.255 e. The lowest BCUT2D eigenvalue weighted by Gasteiger charge is -2.10. The lowest BCUT2D eigenvalue weighted by molar-refractivity contribution is 0.598. The normalized spacial score (nSPS) is 12.8. The largest absolute Gasteiger partial charge is 0.255 e. The maximum absolute atomic E-state index is 13.0. The van der Waals surface area contributed by atoms with E-state index in [1.165, 1.54) is 0 Å². The van der Waals surface area contributed by atoms with Gasteiger partial charge in [-0.15, -0.1) is 0 Å². The molecule has 45 heavy (non-hydrogen) atoms. The number of pyridine rings is 1. The van der Waals surface area contributed by atoms with Crippen LogP contribution in [0.5, 0.6) is 0 Å². The molecule has 2 aromatic heterocycles. The van der Waals surface area contributed by atoms with Gasteiger partial charge in [-0.2, -0.15) is 0 Å². The van der Waals surface area contributed by atoms with Crippen LogP contribution >= 0.6 is 0 Å². The molecule has 0 atom stereocenters. The van der Waals surface area contributed by atoms with E-state index in [0.717, 1.165) is 39.1 Å². The van der Waals surface area contributed by atoms with Crippen molar-refractivity contribution < 1.29 is 8.42 Å². The van der Waals surface area contributed by atoms with E-state index in [4.69, 9.17) is 19.9 Å². The summed E-state index contributed by atoms with van der Waals surface area (Å²) in [5, 5.41) is 0. The van der Waals surface area contributed by atoms with Crippen LogP contribution in [0, 0.1) is 0 Å². The highest BCUT2D eigenvalue weighted by atomic mass is 32.2. The molecule has 1 aliphatic rings. The highest BCUT2D eigenvalue weighted by Gasteiger charge is 2.32. The van der Waals surface area contributed by atoms with Gasteiger partial charge in [0.05, 0.1) is 15.5 Å². The first-order chi connectivity index (χ1) is 22.0. The summed E-state index contributed by atoms with van der Waals surface area (Å²) in [5.41, 5.74) is 7.74. The molecule has 5 aromatic carbocycles. The molecule has 7 heteroatoms. The molecule has 3 heterocycles. The molecule has 0 bridgehead atoms. The molecule has 6 nitrogen and oxygen atoms in total. The van der Waals surface area contributed by atoms with Gasteiger partial charge in [0, 0.05) is 39.6 Å². The van der Waals surface area contributed by atoms with Crippen LogP contribution in [0.1, 0.15) is 0 Å². The Hall–Kier alpha value is -5.79. The second-order valence-electron chi connectivity index (χ2n) is 10.8. The monoisotopic (exact) mass is 600 g/mol. The number of rotatable bonds is 5. The van der Waals surface area contributed by atoms with Gasteiger partial charge in [-0.1, -0.05) is 109 Å². The third-order valence-electron chi connectivity index (χ3n) is 7.97. The maximum Gasteiger partial charge on any atom is 0.207 e. The van der Waals surface area contributed by atoms with Crippen molar-refractivity contribution in [3.05, 3.63) is 146 Å². The van der Waals surface area contributed by atoms with Crippen molar-refractivity contribution in [1.82, 2.24) is 19.9 Å². The molecule has 0 unspecified atom stereocenters. The second kappa shape index (κ2) is 10.7. The van der Waals surface area contributed by atoms with Crippen molar-refractivity contribution in [3.8, 4) is 67.7 Å². The first-order valence-electron chi connectivity index (χ1n) is 14.5. The Morgan fingerprint density at radius 3 is 1.56 bits per heavy atom. The molecular weight excluding hydrogens is 577 g/mol. The smallest absolute Gasteiger partial charge is 0.207 e. The summed E-state index contributed by atoms with van der Waals surface area (Å²) in [6, 6.07) is 44.6. The standard InChI is InChI=1S/C38H24N4O2S/c43-45(44)34-14-8-7-13-31(34)32-23-29(20-22-35(32)45)33-21-19-30(24-39-33)38-41-36(27-11-5-2-6-12-27)40-37(42-38)28-17-15-26(16-18-28)25-9-3-1-4-10-25/h1-24H. The third kappa shape index (κ3) is 4.80. The molecular formula is C38H24N4O2S. The summed E-state index contributed by atoms with van der Waals surface area (Å²) in [6.07, 6.45) is 1.75. The Labute approximate surface area is 260 Å². The molecule has 0 saturated heterocycles. The molecule has 0 radical (unpaired) electrons. The van der Waals surface area contributed by atoms with Crippen LogP contribution in [-0.2, 0) is 9.84 Å². The van der Waals surface area contributed by atoms with Crippen molar-refractivity contribution in [2.75, 3.05) is 0 Å². The van der Waals surface area contributed by atoms with Gasteiger partial charge >= 0.3 is 0 Å². The summed E-state index contributed by atoms with van der Waals surface area (Å²) in [7, 11) is -3.52. The fourth-order valence-corrected chi connectivity index (χ4v) is 7.33. The van der Waals surface area contributed by atoms with Crippen molar-refractivity contribution in [1.29, 1.82) is 0 Å². The summed E-state index contributed by atoms with van der Waals surface area (Å²) >= 11 is 0. The van der Waals surface area contributed by atoms with E-state index in [2.05, 4.69) is 24.3 Å². The Balaban J connectivity index is 1.17. The van der Waals surface area contributed by atoms with Crippen molar-refractivity contribution in [2.24, 2.45) is 0 Å². The van der Waals surface area contributed by atoms with Crippen LogP contribution in [0.3, 0.4) is 0 Å². The van der Waals surface area contributed by atoms with Gasteiger partial charge in [0.25, 0.3) is 0 Å². The van der Waals surface area contributed by atoms with E-state index in [1.807, 2.05) is 91.0 Å². The Bertz CT molecular complexity index is 2310. The number of hydrogen-bond donors (Lipinski definition) is 0. The van der Waals surface area contributed by atoms with Crippen LogP contribution in [0.15, 0.2) is 156 Å². The predicted molar refractivity (Wildman–Crippen MR) is 176 cm³/mol. The van der Waals surface area contributed by atoms with Crippen LogP contribution in [0.2, 0.25) is 0 Å². The number of fused-ring (bicyclic) bond motifs is 3. The lowest BCUT2D eigenvalue weighted by atomic mass is 10.0. The van der Waals surface area contributed by atoms with Crippen LogP contribution in [0.25, 0.3) is 67.7 Å². The number of nitrogens with zero attached hydrogens (tertiary/aromatic N) is 4. The van der Waals surface area contributed by atoms with E-state index in [0.29, 0.717) is 38.4 Å². The average molecular weight is 601 g/mol. The highest BCUT2D eigenvalue weighted by molar-refractivity contribution is 7.92. The second-order valence-corrected chi connectivity index (χ2v) is 12.6. The van der Waals surface area contributed by atoms with Crippen LogP contribution < -0.4 is 0 Å². The molecule has 0 N–H and O–H groups in total. The predicted octanol–water partition coefficient (Wildman–Crippen LogP) is 8.41. The van der Waals surface area contributed by atoms with Gasteiger partial charge in [-0.25, -0.2) is 23.4 Å². The van der Waals surface area contributed by atoms with Gasteiger partial charge in [-0.05, 0) is 41.5 Å². The fourth-order valence-electron chi connectivity index (χ4n) is 5.67. The SMILES string of the molecule is O=S1(=O)c2ccccc2-c2cc(-c3ccc(-c4nc(-c5ccccc5)nc(-c5ccc(-c6ccccc6)cc5)n4)cn3)ccc21. The molecule has 0 spiro atoms. The zero-order valence-corrected chi connectivity index (χ0v) is 24.7. The number of hydrogen-bond acceptors (Lipinski definition) is 6. The van der Waals surface area contributed by atoms with Gasteiger partial charge < -0.3 is 0 Å². The molecule has 0 saturated carbocycles. The Kier molecular flexibility index (Phi) is 6.39. The summed E-state index contributed by atoms with van der Waals surface area (Å²) in [5.74, 6) is 1.66. The van der Waals surface area contributed by atoms with Crippen molar-refractivity contribution in [3.63, 3.8) is 0 Å². The fraction of sp³-hybridized carbons (Fsp3) is 0. The van der Waals surface area contributed by atoms with E-state index < -0.39 is 9.84 Å². The topological polar surface area (TPSA) is 85.7 Å². The maximum atomic E-state index is 13.0. The van der Waals surface area contributed by atoms with E-state index in [-0.39, 0.29) is 0 Å². The van der Waals surface area contributed by atoms with Gasteiger partial charge in [0.1, 0.15) is 0 Å². The Morgan fingerprint density at radius 2 is 0.889 bits per heavy atom. The Morgan fingerprint density at radius 1 is 0.400 bits per heavy atom. The first-order valence-corrected chi connectivity index (χ1v) is 16.0.